The van der Waals surface area contributed by atoms with Crippen molar-refractivity contribution in [2.75, 3.05) is 23.3 Å². The summed E-state index contributed by atoms with van der Waals surface area (Å²) in [6.07, 6.45) is 2.43. The van der Waals surface area contributed by atoms with E-state index in [1.165, 1.54) is 54.9 Å². The first-order chi connectivity index (χ1) is 18.0. The maximum absolute atomic E-state index is 13.8. The number of rotatable bonds is 8. The standard InChI is InChI=1S/C24H22F2N6O4S2/c1-31(18-5-6-22-20(12-18)28-14-37-22)23(33)21(10-15-8-16(25)11-17(26)9-15)29-24(34)30-38(35,36)32(2)19-4-3-7-27-13-19/h3-9,11-14,21H,10H2,1-2H3,(H2,29,30,34)/t21-/m0/s1. The van der Waals surface area contributed by atoms with Crippen LogP contribution < -0.4 is 19.2 Å². The normalized spacial score (nSPS) is 12.1. The van der Waals surface area contributed by atoms with Gasteiger partial charge in [0.2, 0.25) is 5.91 Å². The minimum Gasteiger partial charge on any atom is -0.325 e. The van der Waals surface area contributed by atoms with E-state index >= 15 is 0 Å². The molecule has 2 N–H and O–H groups in total. The van der Waals surface area contributed by atoms with Gasteiger partial charge in [0.1, 0.15) is 17.7 Å². The van der Waals surface area contributed by atoms with Crippen LogP contribution >= 0.6 is 11.3 Å². The quantitative estimate of drug-likeness (QED) is 0.341. The van der Waals surface area contributed by atoms with E-state index in [-0.39, 0.29) is 17.7 Å². The fourth-order valence-electron chi connectivity index (χ4n) is 3.63. The van der Waals surface area contributed by atoms with E-state index in [9.17, 15) is 26.8 Å². The molecule has 2 aromatic heterocycles. The number of urea groups is 1. The van der Waals surface area contributed by atoms with Crippen molar-refractivity contribution in [1.82, 2.24) is 20.0 Å². The Hall–Kier alpha value is -4.17. The number of likely N-dealkylation sites (N-methyl/N-ethyl adjacent to an activating group) is 1. The Morgan fingerprint density at radius 2 is 1.79 bits per heavy atom. The molecule has 198 valence electrons. The molecule has 0 bridgehead atoms. The zero-order valence-corrected chi connectivity index (χ0v) is 21.8. The van der Waals surface area contributed by atoms with Crippen LogP contribution in [0.5, 0.6) is 0 Å². The van der Waals surface area contributed by atoms with Crippen molar-refractivity contribution in [3.63, 3.8) is 0 Å². The molecule has 38 heavy (non-hydrogen) atoms. The molecule has 0 saturated heterocycles. The Kier molecular flexibility index (Phi) is 7.83. The predicted octanol–water partition coefficient (Wildman–Crippen LogP) is 3.22. The molecule has 10 nitrogen and oxygen atoms in total. The zero-order chi connectivity index (χ0) is 27.4. The molecule has 0 fully saturated rings. The molecule has 0 spiro atoms. The average molecular weight is 561 g/mol. The first-order valence-electron chi connectivity index (χ1n) is 11.1. The number of pyridine rings is 1. The second-order valence-electron chi connectivity index (χ2n) is 8.20. The Morgan fingerprint density at radius 1 is 1.05 bits per heavy atom. The molecule has 2 heterocycles. The van der Waals surface area contributed by atoms with Crippen molar-refractivity contribution >= 4 is 55.1 Å². The molecule has 1 atom stereocenters. The number of nitrogens with zero attached hydrogens (tertiary/aromatic N) is 4. The van der Waals surface area contributed by atoms with Gasteiger partial charge in [-0.2, -0.15) is 8.42 Å². The highest BCUT2D eigenvalue weighted by atomic mass is 32.2. The monoisotopic (exact) mass is 560 g/mol. The topological polar surface area (TPSA) is 125 Å². The lowest BCUT2D eigenvalue weighted by molar-refractivity contribution is -0.120. The molecule has 4 rings (SSSR count). The number of benzene rings is 2. The molecule has 0 unspecified atom stereocenters. The number of hydrogen-bond acceptors (Lipinski definition) is 7. The van der Waals surface area contributed by atoms with E-state index in [0.29, 0.717) is 17.3 Å². The van der Waals surface area contributed by atoms with Crippen molar-refractivity contribution in [1.29, 1.82) is 0 Å². The Bertz CT molecular complexity index is 1560. The second kappa shape index (κ2) is 11.1. The fraction of sp³-hybridized carbons (Fsp3) is 0.167. The van der Waals surface area contributed by atoms with Gasteiger partial charge in [0.25, 0.3) is 0 Å². The van der Waals surface area contributed by atoms with Gasteiger partial charge in [-0.1, -0.05) is 0 Å². The molecule has 3 amide bonds. The molecular weight excluding hydrogens is 538 g/mol. The summed E-state index contributed by atoms with van der Waals surface area (Å²) < 4.78 is 56.6. The van der Waals surface area contributed by atoms with Crippen LogP contribution in [0.25, 0.3) is 10.2 Å². The molecule has 14 heteroatoms. The van der Waals surface area contributed by atoms with Gasteiger partial charge in [-0.15, -0.1) is 11.3 Å². The van der Waals surface area contributed by atoms with E-state index in [1.807, 2.05) is 4.72 Å². The number of aromatic nitrogens is 2. The highest BCUT2D eigenvalue weighted by Crippen LogP contribution is 2.24. The molecule has 0 radical (unpaired) electrons. The number of nitrogens with one attached hydrogen (secondary N) is 2. The van der Waals surface area contributed by atoms with Crippen LogP contribution in [0.4, 0.5) is 25.0 Å². The van der Waals surface area contributed by atoms with Crippen molar-refractivity contribution in [3.05, 3.63) is 83.6 Å². The SMILES string of the molecule is CN(C(=O)[C@H](Cc1cc(F)cc(F)c1)NC(=O)NS(=O)(=O)N(C)c1cccnc1)c1ccc2scnc2c1. The van der Waals surface area contributed by atoms with Crippen molar-refractivity contribution < 1.29 is 26.8 Å². The lowest BCUT2D eigenvalue weighted by Crippen LogP contribution is -2.54. The molecule has 0 saturated carbocycles. The Labute approximate surface area is 221 Å². The molecule has 0 aliphatic rings. The Balaban J connectivity index is 1.57. The first kappa shape index (κ1) is 26.9. The van der Waals surface area contributed by atoms with Crippen LogP contribution in [0.3, 0.4) is 0 Å². The van der Waals surface area contributed by atoms with Crippen molar-refractivity contribution in [2.24, 2.45) is 0 Å². The van der Waals surface area contributed by atoms with Crippen LogP contribution in [-0.2, 0) is 21.4 Å². The van der Waals surface area contributed by atoms with Gasteiger partial charge in [0, 0.05) is 38.5 Å². The lowest BCUT2D eigenvalue weighted by Gasteiger charge is -2.26. The van der Waals surface area contributed by atoms with Crippen LogP contribution in [0.2, 0.25) is 0 Å². The summed E-state index contributed by atoms with van der Waals surface area (Å²) in [5, 5.41) is 2.33. The second-order valence-corrected chi connectivity index (χ2v) is 10.8. The summed E-state index contributed by atoms with van der Waals surface area (Å²) >= 11 is 1.43. The van der Waals surface area contributed by atoms with Gasteiger partial charge in [-0.05, 0) is 48.0 Å². The van der Waals surface area contributed by atoms with Crippen molar-refractivity contribution in [2.45, 2.75) is 12.5 Å². The minimum absolute atomic E-state index is 0.0832. The molecule has 4 aromatic rings. The van der Waals surface area contributed by atoms with E-state index in [0.717, 1.165) is 21.1 Å². The molecule has 2 aromatic carbocycles. The third-order valence-corrected chi connectivity index (χ3v) is 7.77. The van der Waals surface area contributed by atoms with E-state index < -0.39 is 39.8 Å². The predicted molar refractivity (Wildman–Crippen MR) is 140 cm³/mol. The van der Waals surface area contributed by atoms with Gasteiger partial charge in [-0.25, -0.2) is 23.3 Å². The molecule has 0 aliphatic carbocycles. The lowest BCUT2D eigenvalue weighted by atomic mass is 10.0. The third kappa shape index (κ3) is 6.20. The van der Waals surface area contributed by atoms with Crippen LogP contribution in [0, 0.1) is 11.6 Å². The van der Waals surface area contributed by atoms with Crippen LogP contribution in [-0.4, -0.2) is 50.5 Å². The summed E-state index contributed by atoms with van der Waals surface area (Å²) in [4.78, 5) is 35.5. The van der Waals surface area contributed by atoms with Gasteiger partial charge in [0.05, 0.1) is 27.6 Å². The van der Waals surface area contributed by atoms with Crippen LogP contribution in [0.1, 0.15) is 5.56 Å². The van der Waals surface area contributed by atoms with Gasteiger partial charge in [0.15, 0.2) is 0 Å². The number of hydrogen-bond donors (Lipinski definition) is 2. The number of carbonyl (C=O) groups is 2. The summed E-state index contributed by atoms with van der Waals surface area (Å²) in [5.74, 6) is -2.38. The molecule has 0 aliphatic heterocycles. The summed E-state index contributed by atoms with van der Waals surface area (Å²) in [5.41, 5.74) is 3.04. The Morgan fingerprint density at radius 3 is 2.47 bits per heavy atom. The third-order valence-electron chi connectivity index (χ3n) is 5.59. The number of amides is 3. The number of thiazole rings is 1. The highest BCUT2D eigenvalue weighted by molar-refractivity contribution is 7.91. The number of halogens is 2. The fourth-order valence-corrected chi connectivity index (χ4v) is 5.11. The van der Waals surface area contributed by atoms with Gasteiger partial charge >= 0.3 is 16.2 Å². The van der Waals surface area contributed by atoms with E-state index in [4.69, 9.17) is 0 Å². The average Bonchev–Trinajstić information content (AvgIpc) is 3.34. The smallest absolute Gasteiger partial charge is 0.325 e. The maximum atomic E-state index is 13.8. The molecular formula is C24H22F2N6O4S2. The number of carbonyl (C=O) groups excluding carboxylic acids is 2. The highest BCUT2D eigenvalue weighted by Gasteiger charge is 2.29. The summed E-state index contributed by atoms with van der Waals surface area (Å²) in [6, 6.07) is 8.27. The van der Waals surface area contributed by atoms with E-state index in [2.05, 4.69) is 15.3 Å². The minimum atomic E-state index is -4.38. The largest absolute Gasteiger partial charge is 0.330 e. The summed E-state index contributed by atoms with van der Waals surface area (Å²) in [6.45, 7) is 0. The zero-order valence-electron chi connectivity index (χ0n) is 20.1. The van der Waals surface area contributed by atoms with Crippen molar-refractivity contribution in [3.8, 4) is 0 Å². The number of anilines is 2. The number of fused-ring (bicyclic) bond motifs is 1. The first-order valence-corrected chi connectivity index (χ1v) is 13.4. The van der Waals surface area contributed by atoms with Gasteiger partial charge in [-0.3, -0.25) is 14.1 Å². The van der Waals surface area contributed by atoms with Crippen LogP contribution in [0.15, 0.2) is 66.4 Å². The van der Waals surface area contributed by atoms with E-state index in [1.54, 1.807) is 23.7 Å². The maximum Gasteiger partial charge on any atom is 0.330 e. The summed E-state index contributed by atoms with van der Waals surface area (Å²) in [7, 11) is -1.71. The van der Waals surface area contributed by atoms with Gasteiger partial charge < -0.3 is 10.2 Å².